The summed E-state index contributed by atoms with van der Waals surface area (Å²) in [6.07, 6.45) is 0.430. The van der Waals surface area contributed by atoms with E-state index in [1.165, 1.54) is 0 Å². The number of sulfone groups is 1. The van der Waals surface area contributed by atoms with Gasteiger partial charge in [0.2, 0.25) is 5.91 Å². The molecule has 0 bridgehead atoms. The molecule has 2 rings (SSSR count). The van der Waals surface area contributed by atoms with Crippen LogP contribution in [0.15, 0.2) is 18.2 Å². The Hall–Kier alpha value is -1.36. The van der Waals surface area contributed by atoms with Gasteiger partial charge < -0.3 is 5.32 Å². The zero-order chi connectivity index (χ0) is 13.3. The Kier molecular flexibility index (Phi) is 3.43. The zero-order valence-corrected chi connectivity index (χ0v) is 11.4. The quantitative estimate of drug-likeness (QED) is 0.886. The summed E-state index contributed by atoms with van der Waals surface area (Å²) in [4.78, 5) is 12.0. The normalized spacial score (nSPS) is 21.8. The summed E-state index contributed by atoms with van der Waals surface area (Å²) in [6, 6.07) is 5.78. The van der Waals surface area contributed by atoms with Crippen molar-refractivity contribution in [2.75, 3.05) is 16.8 Å². The minimum Gasteiger partial charge on any atom is -0.325 e. The lowest BCUT2D eigenvalue weighted by Gasteiger charge is -2.14. The van der Waals surface area contributed by atoms with E-state index >= 15 is 0 Å². The number of rotatable bonds is 2. The van der Waals surface area contributed by atoms with Crippen molar-refractivity contribution in [3.8, 4) is 0 Å². The number of hydrogen-bond acceptors (Lipinski definition) is 3. The van der Waals surface area contributed by atoms with Gasteiger partial charge in [-0.3, -0.25) is 4.79 Å². The highest BCUT2D eigenvalue weighted by atomic mass is 32.2. The third-order valence-electron chi connectivity index (χ3n) is 3.33. The number of hydrogen-bond donors (Lipinski definition) is 1. The topological polar surface area (TPSA) is 63.2 Å². The fourth-order valence-corrected chi connectivity index (χ4v) is 3.98. The Morgan fingerprint density at radius 2 is 1.89 bits per heavy atom. The second kappa shape index (κ2) is 4.72. The largest absolute Gasteiger partial charge is 0.325 e. The second-order valence-electron chi connectivity index (χ2n) is 4.86. The van der Waals surface area contributed by atoms with Crippen LogP contribution in [0.25, 0.3) is 0 Å². The molecule has 0 spiro atoms. The number of carbonyl (C=O) groups is 1. The van der Waals surface area contributed by atoms with Gasteiger partial charge in [0.05, 0.1) is 17.4 Å². The van der Waals surface area contributed by atoms with Crippen LogP contribution in [-0.4, -0.2) is 25.8 Å². The molecule has 0 unspecified atom stereocenters. The number of anilines is 1. The third-order valence-corrected chi connectivity index (χ3v) is 5.10. The minimum atomic E-state index is -3.01. The molecule has 5 heteroatoms. The lowest BCUT2D eigenvalue weighted by atomic mass is 10.1. The molecule has 0 aromatic heterocycles. The third kappa shape index (κ3) is 2.72. The predicted octanol–water partition coefficient (Wildman–Crippen LogP) is 1.68. The molecule has 1 atom stereocenters. The van der Waals surface area contributed by atoms with E-state index in [0.717, 1.165) is 16.8 Å². The molecule has 1 amide bonds. The van der Waals surface area contributed by atoms with E-state index in [9.17, 15) is 13.2 Å². The molecule has 0 saturated carbocycles. The number of amides is 1. The summed E-state index contributed by atoms with van der Waals surface area (Å²) in [5.74, 6) is -0.496. The van der Waals surface area contributed by atoms with Crippen LogP contribution in [0.3, 0.4) is 0 Å². The van der Waals surface area contributed by atoms with Gasteiger partial charge in [0.15, 0.2) is 9.84 Å². The lowest BCUT2D eigenvalue weighted by molar-refractivity contribution is -0.119. The monoisotopic (exact) mass is 267 g/mol. The molecule has 18 heavy (non-hydrogen) atoms. The van der Waals surface area contributed by atoms with Crippen molar-refractivity contribution < 1.29 is 13.2 Å². The van der Waals surface area contributed by atoms with Gasteiger partial charge in [-0.15, -0.1) is 0 Å². The molecule has 4 nitrogen and oxygen atoms in total. The van der Waals surface area contributed by atoms with Crippen LogP contribution >= 0.6 is 0 Å². The summed E-state index contributed by atoms with van der Waals surface area (Å²) in [7, 11) is -3.01. The van der Waals surface area contributed by atoms with E-state index in [-0.39, 0.29) is 17.4 Å². The Balaban J connectivity index is 2.13. The SMILES string of the molecule is Cc1cccc(C)c1NC(=O)[C@H]1CCS(=O)(=O)C1. The number of benzene rings is 1. The van der Waals surface area contributed by atoms with Gasteiger partial charge in [0.1, 0.15) is 0 Å². The molecule has 1 N–H and O–H groups in total. The minimum absolute atomic E-state index is 0.0240. The molecule has 0 aliphatic carbocycles. The Bertz CT molecular complexity index is 558. The average molecular weight is 267 g/mol. The molecule has 1 fully saturated rings. The van der Waals surface area contributed by atoms with Gasteiger partial charge in [-0.1, -0.05) is 18.2 Å². The smallest absolute Gasteiger partial charge is 0.228 e. The maximum atomic E-state index is 12.0. The van der Waals surface area contributed by atoms with Gasteiger partial charge in [-0.2, -0.15) is 0 Å². The van der Waals surface area contributed by atoms with E-state index in [1.807, 2.05) is 32.0 Å². The Morgan fingerprint density at radius 1 is 1.28 bits per heavy atom. The highest BCUT2D eigenvalue weighted by Crippen LogP contribution is 2.23. The molecule has 1 aromatic carbocycles. The fourth-order valence-electron chi connectivity index (χ4n) is 2.24. The maximum absolute atomic E-state index is 12.0. The summed E-state index contributed by atoms with van der Waals surface area (Å²) < 4.78 is 22.7. The zero-order valence-electron chi connectivity index (χ0n) is 10.6. The Morgan fingerprint density at radius 3 is 2.39 bits per heavy atom. The van der Waals surface area contributed by atoms with Crippen molar-refractivity contribution in [3.63, 3.8) is 0 Å². The average Bonchev–Trinajstić information content (AvgIpc) is 2.64. The van der Waals surface area contributed by atoms with Crippen LogP contribution in [0.2, 0.25) is 0 Å². The van der Waals surface area contributed by atoms with Crippen molar-refractivity contribution >= 4 is 21.4 Å². The standard InChI is InChI=1S/C13H17NO3S/c1-9-4-3-5-10(2)12(9)14-13(15)11-6-7-18(16,17)8-11/h3-5,11H,6-8H2,1-2H3,(H,14,15)/t11-/m0/s1. The fraction of sp³-hybridized carbons (Fsp3) is 0.462. The predicted molar refractivity (Wildman–Crippen MR) is 71.3 cm³/mol. The lowest BCUT2D eigenvalue weighted by Crippen LogP contribution is -2.24. The van der Waals surface area contributed by atoms with Gasteiger partial charge in [0.25, 0.3) is 0 Å². The van der Waals surface area contributed by atoms with E-state index in [2.05, 4.69) is 5.32 Å². The molecule has 0 radical (unpaired) electrons. The number of para-hydroxylation sites is 1. The number of aryl methyl sites for hydroxylation is 2. The molecule has 98 valence electrons. The van der Waals surface area contributed by atoms with Crippen molar-refractivity contribution in [1.82, 2.24) is 0 Å². The van der Waals surface area contributed by atoms with Crippen LogP contribution in [0.4, 0.5) is 5.69 Å². The van der Waals surface area contributed by atoms with Crippen molar-refractivity contribution in [3.05, 3.63) is 29.3 Å². The number of nitrogens with one attached hydrogen (secondary N) is 1. The Labute approximate surface area is 107 Å². The van der Waals surface area contributed by atoms with Crippen molar-refractivity contribution in [2.24, 2.45) is 5.92 Å². The summed E-state index contributed by atoms with van der Waals surface area (Å²) in [5.41, 5.74) is 2.78. The maximum Gasteiger partial charge on any atom is 0.228 e. The first-order valence-corrected chi connectivity index (χ1v) is 7.79. The van der Waals surface area contributed by atoms with Crippen LogP contribution in [0, 0.1) is 19.8 Å². The first-order valence-electron chi connectivity index (χ1n) is 5.96. The van der Waals surface area contributed by atoms with Crippen LogP contribution in [0.5, 0.6) is 0 Å². The highest BCUT2D eigenvalue weighted by molar-refractivity contribution is 7.91. The van der Waals surface area contributed by atoms with E-state index < -0.39 is 15.8 Å². The first kappa shape index (κ1) is 13.1. The first-order chi connectivity index (χ1) is 8.39. The molecular formula is C13H17NO3S. The van der Waals surface area contributed by atoms with Gasteiger partial charge in [0, 0.05) is 5.69 Å². The van der Waals surface area contributed by atoms with Crippen molar-refractivity contribution in [2.45, 2.75) is 20.3 Å². The van der Waals surface area contributed by atoms with E-state index in [1.54, 1.807) is 0 Å². The molecule has 1 aromatic rings. The summed E-state index contributed by atoms with van der Waals surface area (Å²) in [6.45, 7) is 3.85. The van der Waals surface area contributed by atoms with Gasteiger partial charge in [-0.25, -0.2) is 8.42 Å². The molecule has 1 heterocycles. The van der Waals surface area contributed by atoms with E-state index in [0.29, 0.717) is 6.42 Å². The van der Waals surface area contributed by atoms with Crippen LogP contribution < -0.4 is 5.32 Å². The molecule has 1 aliphatic heterocycles. The molecule has 1 aliphatic rings. The van der Waals surface area contributed by atoms with Crippen LogP contribution in [-0.2, 0) is 14.6 Å². The van der Waals surface area contributed by atoms with Gasteiger partial charge in [-0.05, 0) is 31.4 Å². The van der Waals surface area contributed by atoms with Crippen molar-refractivity contribution in [1.29, 1.82) is 0 Å². The summed E-state index contributed by atoms with van der Waals surface area (Å²) >= 11 is 0. The van der Waals surface area contributed by atoms with E-state index in [4.69, 9.17) is 0 Å². The second-order valence-corrected chi connectivity index (χ2v) is 7.08. The van der Waals surface area contributed by atoms with Gasteiger partial charge >= 0.3 is 0 Å². The highest BCUT2D eigenvalue weighted by Gasteiger charge is 2.33. The van der Waals surface area contributed by atoms with Crippen LogP contribution in [0.1, 0.15) is 17.5 Å². The number of carbonyl (C=O) groups excluding carboxylic acids is 1. The molecular weight excluding hydrogens is 250 g/mol. The molecule has 1 saturated heterocycles. The summed E-state index contributed by atoms with van der Waals surface area (Å²) in [5, 5.41) is 2.85.